The highest BCUT2D eigenvalue weighted by Crippen LogP contribution is 2.30. The molecule has 0 fully saturated rings. The van der Waals surface area contributed by atoms with Crippen LogP contribution in [0, 0.1) is 6.92 Å². The normalized spacial score (nSPS) is 11.3. The van der Waals surface area contributed by atoms with Crippen LogP contribution in [0.2, 0.25) is 0 Å². The summed E-state index contributed by atoms with van der Waals surface area (Å²) in [6, 6.07) is 10.2. The van der Waals surface area contributed by atoms with Crippen molar-refractivity contribution in [2.24, 2.45) is 0 Å². The van der Waals surface area contributed by atoms with Gasteiger partial charge in [-0.25, -0.2) is 9.50 Å². The average molecular weight is 364 g/mol. The monoisotopic (exact) mass is 364 g/mol. The average Bonchev–Trinajstić information content (AvgIpc) is 3.00. The van der Waals surface area contributed by atoms with Gasteiger partial charge in [0, 0.05) is 18.3 Å². The first-order chi connectivity index (χ1) is 13.0. The summed E-state index contributed by atoms with van der Waals surface area (Å²) in [6.07, 6.45) is 4.95. The van der Waals surface area contributed by atoms with Crippen molar-refractivity contribution in [3.05, 3.63) is 53.5 Å². The van der Waals surface area contributed by atoms with E-state index in [0.29, 0.717) is 12.1 Å². The first-order valence-electron chi connectivity index (χ1n) is 9.76. The molecule has 5 heteroatoms. The van der Waals surface area contributed by atoms with Gasteiger partial charge in [0.1, 0.15) is 0 Å². The van der Waals surface area contributed by atoms with E-state index in [1.54, 1.807) is 6.20 Å². The van der Waals surface area contributed by atoms with E-state index in [1.165, 1.54) is 0 Å². The molecule has 0 radical (unpaired) electrons. The lowest BCUT2D eigenvalue weighted by Gasteiger charge is -2.14. The Hall–Kier alpha value is -2.69. The number of hydrogen-bond donors (Lipinski definition) is 1. The highest BCUT2D eigenvalue weighted by molar-refractivity contribution is 5.96. The van der Waals surface area contributed by atoms with Crippen molar-refractivity contribution >= 4 is 11.6 Å². The lowest BCUT2D eigenvalue weighted by atomic mass is 10.0. The van der Waals surface area contributed by atoms with Crippen molar-refractivity contribution in [3.8, 4) is 11.1 Å². The van der Waals surface area contributed by atoms with Crippen LogP contribution in [0.3, 0.4) is 0 Å². The number of carbonyl (C=O) groups is 1. The van der Waals surface area contributed by atoms with E-state index < -0.39 is 0 Å². The number of unbranched alkanes of at least 4 members (excludes halogenated alkanes) is 2. The van der Waals surface area contributed by atoms with Crippen LogP contribution in [0.4, 0.5) is 0 Å². The molecule has 0 aliphatic carbocycles. The highest BCUT2D eigenvalue weighted by atomic mass is 16.1. The Balaban J connectivity index is 2.05. The molecule has 0 aliphatic heterocycles. The number of nitrogens with zero attached hydrogens (tertiary/aromatic N) is 3. The van der Waals surface area contributed by atoms with Crippen molar-refractivity contribution in [3.63, 3.8) is 0 Å². The molecule has 142 valence electrons. The maximum Gasteiger partial charge on any atom is 0.254 e. The summed E-state index contributed by atoms with van der Waals surface area (Å²) >= 11 is 0. The molecule has 27 heavy (non-hydrogen) atoms. The van der Waals surface area contributed by atoms with Crippen molar-refractivity contribution in [1.82, 2.24) is 19.9 Å². The second-order valence-electron chi connectivity index (χ2n) is 7.24. The van der Waals surface area contributed by atoms with E-state index >= 15 is 0 Å². The van der Waals surface area contributed by atoms with Crippen LogP contribution in [-0.2, 0) is 0 Å². The Kier molecular flexibility index (Phi) is 5.89. The standard InChI is InChI=1S/C22H28N4O/c1-5-6-10-13-23-22(27)18-14-24-21-19(17-11-8-7-9-12-17)16(4)25-26(21)20(18)15(2)3/h7-9,11-12,14-15H,5-6,10,13H2,1-4H3,(H,23,27). The molecule has 3 rings (SSSR count). The van der Waals surface area contributed by atoms with Gasteiger partial charge in [0.2, 0.25) is 0 Å². The van der Waals surface area contributed by atoms with Gasteiger partial charge in [-0.3, -0.25) is 4.79 Å². The molecule has 3 aromatic rings. The molecule has 0 saturated heterocycles. The van der Waals surface area contributed by atoms with E-state index in [9.17, 15) is 4.79 Å². The smallest absolute Gasteiger partial charge is 0.254 e. The Morgan fingerprint density at radius 1 is 1.19 bits per heavy atom. The largest absolute Gasteiger partial charge is 0.352 e. The van der Waals surface area contributed by atoms with Crippen LogP contribution < -0.4 is 5.32 Å². The number of benzene rings is 1. The second kappa shape index (κ2) is 8.33. The molecule has 1 N–H and O–H groups in total. The lowest BCUT2D eigenvalue weighted by Crippen LogP contribution is -2.27. The van der Waals surface area contributed by atoms with Gasteiger partial charge in [-0.05, 0) is 24.8 Å². The van der Waals surface area contributed by atoms with Gasteiger partial charge in [0.25, 0.3) is 5.91 Å². The predicted octanol–water partition coefficient (Wildman–Crippen LogP) is 4.75. The number of aromatic nitrogens is 3. The third-order valence-corrected chi connectivity index (χ3v) is 4.78. The molecule has 0 spiro atoms. The molecular formula is C22H28N4O. The first kappa shape index (κ1) is 19.1. The molecule has 2 heterocycles. The number of amides is 1. The lowest BCUT2D eigenvalue weighted by molar-refractivity contribution is 0.0950. The molecular weight excluding hydrogens is 336 g/mol. The van der Waals surface area contributed by atoms with E-state index in [-0.39, 0.29) is 11.8 Å². The van der Waals surface area contributed by atoms with Gasteiger partial charge >= 0.3 is 0 Å². The minimum Gasteiger partial charge on any atom is -0.352 e. The maximum absolute atomic E-state index is 12.7. The quantitative estimate of drug-likeness (QED) is 0.616. The molecule has 1 amide bonds. The first-order valence-corrected chi connectivity index (χ1v) is 9.76. The number of nitrogens with one attached hydrogen (secondary N) is 1. The third kappa shape index (κ3) is 3.87. The van der Waals surface area contributed by atoms with Crippen LogP contribution in [-0.4, -0.2) is 27.0 Å². The number of rotatable bonds is 7. The molecule has 0 unspecified atom stereocenters. The topological polar surface area (TPSA) is 59.3 Å². The third-order valence-electron chi connectivity index (χ3n) is 4.78. The SMILES string of the molecule is CCCCCNC(=O)c1cnc2c(-c3ccccc3)c(C)nn2c1C(C)C. The zero-order valence-corrected chi connectivity index (χ0v) is 16.6. The number of fused-ring (bicyclic) bond motifs is 1. The summed E-state index contributed by atoms with van der Waals surface area (Å²) in [7, 11) is 0. The summed E-state index contributed by atoms with van der Waals surface area (Å²) in [6.45, 7) is 9.01. The highest BCUT2D eigenvalue weighted by Gasteiger charge is 2.22. The van der Waals surface area contributed by atoms with Crippen LogP contribution in [0.1, 0.15) is 67.7 Å². The zero-order valence-electron chi connectivity index (χ0n) is 16.6. The van der Waals surface area contributed by atoms with Gasteiger partial charge in [-0.1, -0.05) is 63.9 Å². The minimum absolute atomic E-state index is 0.0707. The van der Waals surface area contributed by atoms with Crippen LogP contribution in [0.25, 0.3) is 16.8 Å². The van der Waals surface area contributed by atoms with Crippen LogP contribution in [0.15, 0.2) is 36.5 Å². The van der Waals surface area contributed by atoms with Gasteiger partial charge in [0.15, 0.2) is 5.65 Å². The number of carbonyl (C=O) groups excluding carboxylic acids is 1. The Labute approximate surface area is 160 Å². The minimum atomic E-state index is -0.0707. The molecule has 1 aromatic carbocycles. The second-order valence-corrected chi connectivity index (χ2v) is 7.24. The molecule has 0 bridgehead atoms. The summed E-state index contributed by atoms with van der Waals surface area (Å²) in [4.78, 5) is 17.4. The van der Waals surface area contributed by atoms with E-state index in [0.717, 1.165) is 47.4 Å². The summed E-state index contributed by atoms with van der Waals surface area (Å²) in [5.74, 6) is 0.0773. The van der Waals surface area contributed by atoms with Crippen molar-refractivity contribution < 1.29 is 4.79 Å². The Morgan fingerprint density at radius 3 is 2.59 bits per heavy atom. The zero-order chi connectivity index (χ0) is 19.4. The fraction of sp³-hybridized carbons (Fsp3) is 0.409. The van der Waals surface area contributed by atoms with Crippen molar-refractivity contribution in [2.75, 3.05) is 6.54 Å². The number of aryl methyl sites for hydroxylation is 1. The molecule has 0 aliphatic rings. The molecule has 2 aromatic heterocycles. The fourth-order valence-electron chi connectivity index (χ4n) is 3.45. The van der Waals surface area contributed by atoms with Crippen LogP contribution in [0.5, 0.6) is 0 Å². The molecule has 5 nitrogen and oxygen atoms in total. The van der Waals surface area contributed by atoms with Gasteiger partial charge < -0.3 is 5.32 Å². The van der Waals surface area contributed by atoms with E-state index in [4.69, 9.17) is 5.10 Å². The van der Waals surface area contributed by atoms with E-state index in [2.05, 4.69) is 43.2 Å². The Bertz CT molecular complexity index is 928. The Morgan fingerprint density at radius 2 is 1.93 bits per heavy atom. The summed E-state index contributed by atoms with van der Waals surface area (Å²) in [5, 5.41) is 7.76. The van der Waals surface area contributed by atoms with Gasteiger partial charge in [-0.2, -0.15) is 5.10 Å². The van der Waals surface area contributed by atoms with Crippen molar-refractivity contribution in [2.45, 2.75) is 52.9 Å². The van der Waals surface area contributed by atoms with Gasteiger partial charge in [0.05, 0.1) is 17.0 Å². The van der Waals surface area contributed by atoms with Crippen molar-refractivity contribution in [1.29, 1.82) is 0 Å². The van der Waals surface area contributed by atoms with E-state index in [1.807, 2.05) is 29.6 Å². The summed E-state index contributed by atoms with van der Waals surface area (Å²) < 4.78 is 1.85. The van der Waals surface area contributed by atoms with Gasteiger partial charge in [-0.15, -0.1) is 0 Å². The fourth-order valence-corrected chi connectivity index (χ4v) is 3.45. The maximum atomic E-state index is 12.7. The van der Waals surface area contributed by atoms with Crippen LogP contribution >= 0.6 is 0 Å². The molecule has 0 saturated carbocycles. The number of hydrogen-bond acceptors (Lipinski definition) is 3. The summed E-state index contributed by atoms with van der Waals surface area (Å²) in [5.41, 5.74) is 5.33. The molecule has 0 atom stereocenters. The predicted molar refractivity (Wildman–Crippen MR) is 109 cm³/mol.